The van der Waals surface area contributed by atoms with Crippen molar-refractivity contribution in [2.45, 2.75) is 104 Å². The van der Waals surface area contributed by atoms with Gasteiger partial charge in [-0.15, -0.1) is 0 Å². The average Bonchev–Trinajstić information content (AvgIpc) is 2.74. The zero-order valence-corrected chi connectivity index (χ0v) is 19.1. The summed E-state index contributed by atoms with van der Waals surface area (Å²) in [5, 5.41) is 10.4. The first kappa shape index (κ1) is 28.8. The van der Waals surface area contributed by atoms with E-state index in [2.05, 4.69) is 11.7 Å². The van der Waals surface area contributed by atoms with Crippen molar-refractivity contribution in [2.75, 3.05) is 13.4 Å². The number of hydrogen-bond donors (Lipinski definition) is 1. The maximum Gasteiger partial charge on any atom is 0.320 e. The lowest BCUT2D eigenvalue weighted by Crippen LogP contribution is -2.31. The molecule has 0 aliphatic carbocycles. The van der Waals surface area contributed by atoms with Gasteiger partial charge in [0.25, 0.3) is 0 Å². The van der Waals surface area contributed by atoms with Crippen LogP contribution in [-0.4, -0.2) is 54.6 Å². The van der Waals surface area contributed by atoms with Gasteiger partial charge in [0.15, 0.2) is 0 Å². The molecule has 0 bridgehead atoms. The van der Waals surface area contributed by atoms with Gasteiger partial charge in [0.2, 0.25) is 6.79 Å². The molecule has 1 N–H and O–H groups in total. The summed E-state index contributed by atoms with van der Waals surface area (Å²) in [6, 6.07) is 0. The van der Waals surface area contributed by atoms with Crippen LogP contribution >= 0.6 is 0 Å². The number of hydrogen-bond acceptors (Lipinski definition) is 9. The number of ether oxygens (including phenoxy) is 4. The van der Waals surface area contributed by atoms with Crippen LogP contribution in [0.1, 0.15) is 91.4 Å². The zero-order chi connectivity index (χ0) is 23.5. The molecule has 0 aromatic carbocycles. The average molecular weight is 447 g/mol. The number of aliphatic hydroxyl groups is 1. The predicted molar refractivity (Wildman–Crippen MR) is 112 cm³/mol. The Morgan fingerprint density at radius 3 is 2.03 bits per heavy atom. The van der Waals surface area contributed by atoms with Crippen LogP contribution in [0.3, 0.4) is 0 Å². The first-order chi connectivity index (χ1) is 14.8. The standard InChI is InChI=1S/C22H38O9/c1-4-7-8-12-18(31-19(24)6-3)17(23)11-9-10-13-20(25)29-16-30-22(27)15-21(26)28-14-5-2/h17-18,23H,4-16H2,1-3H3. The van der Waals surface area contributed by atoms with Gasteiger partial charge in [-0.1, -0.05) is 40.0 Å². The van der Waals surface area contributed by atoms with Gasteiger partial charge in [0.05, 0.1) is 12.7 Å². The van der Waals surface area contributed by atoms with Gasteiger partial charge in [-0.3, -0.25) is 19.2 Å². The lowest BCUT2D eigenvalue weighted by molar-refractivity contribution is -0.169. The number of carbonyl (C=O) groups is 4. The van der Waals surface area contributed by atoms with Gasteiger partial charge in [-0.2, -0.15) is 0 Å². The quantitative estimate of drug-likeness (QED) is 0.111. The monoisotopic (exact) mass is 446 g/mol. The Kier molecular flexibility index (Phi) is 17.3. The highest BCUT2D eigenvalue weighted by atomic mass is 16.7. The van der Waals surface area contributed by atoms with Crippen molar-refractivity contribution in [1.82, 2.24) is 0 Å². The molecule has 0 rings (SSSR count). The topological polar surface area (TPSA) is 125 Å². The molecule has 0 amide bonds. The maximum atomic E-state index is 11.7. The molecule has 0 aromatic rings. The fourth-order valence-corrected chi connectivity index (χ4v) is 2.66. The molecule has 0 spiro atoms. The van der Waals surface area contributed by atoms with Gasteiger partial charge < -0.3 is 24.1 Å². The van der Waals surface area contributed by atoms with Crippen LogP contribution in [0.25, 0.3) is 0 Å². The van der Waals surface area contributed by atoms with E-state index in [-0.39, 0.29) is 25.4 Å². The van der Waals surface area contributed by atoms with E-state index in [1.165, 1.54) is 0 Å². The van der Waals surface area contributed by atoms with E-state index in [4.69, 9.17) is 14.2 Å². The first-order valence-corrected chi connectivity index (χ1v) is 11.2. The first-order valence-electron chi connectivity index (χ1n) is 11.2. The summed E-state index contributed by atoms with van der Waals surface area (Å²) in [6.07, 6.45) is 4.10. The van der Waals surface area contributed by atoms with Crippen molar-refractivity contribution in [3.63, 3.8) is 0 Å². The maximum absolute atomic E-state index is 11.7. The fraction of sp³-hybridized carbons (Fsp3) is 0.818. The van der Waals surface area contributed by atoms with Gasteiger partial charge in [-0.05, 0) is 32.1 Å². The highest BCUT2D eigenvalue weighted by molar-refractivity contribution is 5.91. The third-order valence-electron chi connectivity index (χ3n) is 4.42. The minimum absolute atomic E-state index is 0.0953. The SMILES string of the molecule is CCCCCC(OC(=O)CC)C(O)CCCCC(=O)OCOC(=O)CC(=O)OCCC. The minimum Gasteiger partial charge on any atom is -0.465 e. The van der Waals surface area contributed by atoms with Crippen LogP contribution < -0.4 is 0 Å². The second-order valence-electron chi connectivity index (χ2n) is 7.24. The molecule has 2 unspecified atom stereocenters. The molecule has 0 saturated carbocycles. The van der Waals surface area contributed by atoms with Crippen LogP contribution in [0.4, 0.5) is 0 Å². The Morgan fingerprint density at radius 2 is 1.39 bits per heavy atom. The summed E-state index contributed by atoms with van der Waals surface area (Å²) < 4.78 is 19.6. The Labute approximate surface area is 184 Å². The largest absolute Gasteiger partial charge is 0.465 e. The molecule has 0 heterocycles. The summed E-state index contributed by atoms with van der Waals surface area (Å²) in [4.78, 5) is 45.9. The van der Waals surface area contributed by atoms with Crippen LogP contribution in [0.2, 0.25) is 0 Å². The van der Waals surface area contributed by atoms with Crippen molar-refractivity contribution in [2.24, 2.45) is 0 Å². The third kappa shape index (κ3) is 16.2. The van der Waals surface area contributed by atoms with Crippen molar-refractivity contribution < 1.29 is 43.2 Å². The summed E-state index contributed by atoms with van der Waals surface area (Å²) >= 11 is 0. The number of rotatable bonds is 18. The number of esters is 4. The van der Waals surface area contributed by atoms with E-state index in [0.717, 1.165) is 19.3 Å². The highest BCUT2D eigenvalue weighted by Gasteiger charge is 2.22. The molecule has 0 radical (unpaired) electrons. The van der Waals surface area contributed by atoms with Crippen molar-refractivity contribution >= 4 is 23.9 Å². The summed E-state index contributed by atoms with van der Waals surface area (Å²) in [6.45, 7) is 5.28. The smallest absolute Gasteiger partial charge is 0.320 e. The van der Waals surface area contributed by atoms with Gasteiger partial charge in [0, 0.05) is 12.8 Å². The van der Waals surface area contributed by atoms with Gasteiger partial charge in [-0.25, -0.2) is 0 Å². The predicted octanol–water partition coefficient (Wildman–Crippen LogP) is 3.20. The molecule has 0 aromatic heterocycles. The Hall–Kier alpha value is -2.16. The minimum atomic E-state index is -0.826. The van der Waals surface area contributed by atoms with Crippen molar-refractivity contribution in [1.29, 1.82) is 0 Å². The van der Waals surface area contributed by atoms with Crippen LogP contribution in [0.15, 0.2) is 0 Å². The normalized spacial score (nSPS) is 12.5. The summed E-state index contributed by atoms with van der Waals surface area (Å²) in [7, 11) is 0. The Bertz CT molecular complexity index is 533. The molecule has 0 saturated heterocycles. The van der Waals surface area contributed by atoms with Crippen LogP contribution in [0.5, 0.6) is 0 Å². The van der Waals surface area contributed by atoms with Crippen LogP contribution in [-0.2, 0) is 38.1 Å². The lowest BCUT2D eigenvalue weighted by Gasteiger charge is -2.23. The molecule has 9 nitrogen and oxygen atoms in total. The molecule has 9 heteroatoms. The van der Waals surface area contributed by atoms with E-state index in [0.29, 0.717) is 32.1 Å². The molecule has 0 fully saturated rings. The molecule has 31 heavy (non-hydrogen) atoms. The molecular formula is C22H38O9. The van der Waals surface area contributed by atoms with Crippen LogP contribution in [0, 0.1) is 0 Å². The third-order valence-corrected chi connectivity index (χ3v) is 4.42. The lowest BCUT2D eigenvalue weighted by atomic mass is 10.0. The zero-order valence-electron chi connectivity index (χ0n) is 19.1. The molecule has 180 valence electrons. The van der Waals surface area contributed by atoms with Crippen molar-refractivity contribution in [3.05, 3.63) is 0 Å². The van der Waals surface area contributed by atoms with E-state index >= 15 is 0 Å². The number of aliphatic hydroxyl groups excluding tert-OH is 1. The second-order valence-corrected chi connectivity index (χ2v) is 7.24. The number of unbranched alkanes of at least 4 members (excludes halogenated alkanes) is 3. The van der Waals surface area contributed by atoms with Gasteiger partial charge >= 0.3 is 23.9 Å². The van der Waals surface area contributed by atoms with E-state index in [1.807, 2.05) is 6.92 Å². The van der Waals surface area contributed by atoms with Gasteiger partial charge in [0.1, 0.15) is 12.5 Å². The van der Waals surface area contributed by atoms with E-state index in [1.54, 1.807) is 6.92 Å². The molecular weight excluding hydrogens is 408 g/mol. The van der Waals surface area contributed by atoms with Crippen molar-refractivity contribution in [3.8, 4) is 0 Å². The molecule has 0 aliphatic rings. The summed E-state index contributed by atoms with van der Waals surface area (Å²) in [5.41, 5.74) is 0. The molecule has 2 atom stereocenters. The molecule has 0 aliphatic heterocycles. The Balaban J connectivity index is 4.03. The number of carbonyl (C=O) groups excluding carboxylic acids is 4. The Morgan fingerprint density at radius 1 is 0.742 bits per heavy atom. The highest BCUT2D eigenvalue weighted by Crippen LogP contribution is 2.16. The van der Waals surface area contributed by atoms with E-state index in [9.17, 15) is 24.3 Å². The second kappa shape index (κ2) is 18.6. The summed E-state index contributed by atoms with van der Waals surface area (Å²) in [5.74, 6) is -2.40. The fourth-order valence-electron chi connectivity index (χ4n) is 2.66. The van der Waals surface area contributed by atoms with E-state index < -0.39 is 43.3 Å².